The summed E-state index contributed by atoms with van der Waals surface area (Å²) >= 11 is 3.42. The summed E-state index contributed by atoms with van der Waals surface area (Å²) in [4.78, 5) is 0. The Labute approximate surface area is 134 Å². The number of hydrogen-bond donors (Lipinski definition) is 2. The second-order valence-electron chi connectivity index (χ2n) is 4.88. The monoisotopic (exact) mass is 370 g/mol. The van der Waals surface area contributed by atoms with Crippen molar-refractivity contribution in [1.82, 2.24) is 5.32 Å². The molecule has 0 fully saturated rings. The maximum atomic E-state index is 12.0. The minimum atomic E-state index is -3.31. The lowest BCUT2D eigenvalue weighted by Crippen LogP contribution is -2.27. The molecule has 2 aromatic carbocycles. The molecule has 114 valence electrons. The fourth-order valence-corrected chi connectivity index (χ4v) is 3.40. The molecule has 0 radical (unpaired) electrons. The molecule has 0 aliphatic rings. The molecule has 0 saturated carbocycles. The Morgan fingerprint density at radius 2 is 1.76 bits per heavy atom. The molecule has 0 saturated heterocycles. The summed E-state index contributed by atoms with van der Waals surface area (Å²) in [6, 6.07) is 11.4. The molecule has 0 bridgehead atoms. The van der Waals surface area contributed by atoms with E-state index in [4.69, 9.17) is 0 Å². The third kappa shape index (κ3) is 4.98. The smallest absolute Gasteiger partial charge is 0.233 e. The molecule has 2 rings (SSSR count). The van der Waals surface area contributed by atoms with Crippen LogP contribution in [0.1, 0.15) is 13.3 Å². The lowest BCUT2D eigenvalue weighted by Gasteiger charge is -2.09. The second kappa shape index (κ2) is 7.24. The zero-order chi connectivity index (χ0) is 15.3. The van der Waals surface area contributed by atoms with Crippen LogP contribution >= 0.6 is 15.9 Å². The molecule has 0 aromatic heterocycles. The van der Waals surface area contributed by atoms with Crippen molar-refractivity contribution in [2.45, 2.75) is 13.3 Å². The quantitative estimate of drug-likeness (QED) is 0.734. The zero-order valence-corrected chi connectivity index (χ0v) is 14.3. The van der Waals surface area contributed by atoms with E-state index in [1.165, 1.54) is 0 Å². The number of rotatable bonds is 7. The summed E-state index contributed by atoms with van der Waals surface area (Å²) in [6.45, 7) is 3.34. The van der Waals surface area contributed by atoms with Gasteiger partial charge in [-0.3, -0.25) is 4.72 Å². The molecule has 2 aromatic rings. The minimum absolute atomic E-state index is 0.0748. The summed E-state index contributed by atoms with van der Waals surface area (Å²) in [5, 5.41) is 5.16. The van der Waals surface area contributed by atoms with E-state index in [0.717, 1.165) is 28.2 Å². The van der Waals surface area contributed by atoms with Crippen LogP contribution in [0.2, 0.25) is 0 Å². The number of halogens is 1. The average molecular weight is 371 g/mol. The lowest BCUT2D eigenvalue weighted by molar-refractivity contribution is 0.595. The van der Waals surface area contributed by atoms with Gasteiger partial charge in [-0.1, -0.05) is 35.0 Å². The van der Waals surface area contributed by atoms with Gasteiger partial charge in [0.1, 0.15) is 0 Å². The first-order valence-electron chi connectivity index (χ1n) is 6.91. The maximum absolute atomic E-state index is 12.0. The highest BCUT2D eigenvalue weighted by Crippen LogP contribution is 2.23. The normalized spacial score (nSPS) is 11.7. The first kappa shape index (κ1) is 16.3. The average Bonchev–Trinajstić information content (AvgIpc) is 2.43. The number of hydrogen-bond acceptors (Lipinski definition) is 3. The zero-order valence-electron chi connectivity index (χ0n) is 11.9. The molecule has 0 amide bonds. The van der Waals surface area contributed by atoms with Crippen molar-refractivity contribution in [2.24, 2.45) is 0 Å². The van der Waals surface area contributed by atoms with Crippen molar-refractivity contribution < 1.29 is 8.42 Å². The molecule has 0 aliphatic carbocycles. The molecule has 0 heterocycles. The lowest BCUT2D eigenvalue weighted by atomic mass is 10.1. The molecule has 0 atom stereocenters. The summed E-state index contributed by atoms with van der Waals surface area (Å²) in [7, 11) is -3.31. The SMILES string of the molecule is CCCNCCS(=O)(=O)Nc1ccc2cc(Br)ccc2c1. The first-order chi connectivity index (χ1) is 10.00. The summed E-state index contributed by atoms with van der Waals surface area (Å²) in [5.74, 6) is 0.0748. The van der Waals surface area contributed by atoms with Crippen LogP contribution in [0, 0.1) is 0 Å². The van der Waals surface area contributed by atoms with E-state index in [2.05, 4.69) is 26.0 Å². The van der Waals surface area contributed by atoms with Crippen LogP contribution in [-0.2, 0) is 10.0 Å². The molecule has 6 heteroatoms. The topological polar surface area (TPSA) is 58.2 Å². The predicted octanol–water partition coefficient (Wildman–Crippen LogP) is 3.34. The second-order valence-corrected chi connectivity index (χ2v) is 7.63. The minimum Gasteiger partial charge on any atom is -0.316 e. The van der Waals surface area contributed by atoms with Crippen molar-refractivity contribution in [3.8, 4) is 0 Å². The van der Waals surface area contributed by atoms with Gasteiger partial charge in [0.15, 0.2) is 0 Å². The van der Waals surface area contributed by atoms with Gasteiger partial charge in [-0.05, 0) is 48.0 Å². The van der Waals surface area contributed by atoms with Gasteiger partial charge in [0, 0.05) is 16.7 Å². The Bertz CT molecular complexity index is 717. The van der Waals surface area contributed by atoms with Crippen molar-refractivity contribution in [3.05, 3.63) is 40.9 Å². The van der Waals surface area contributed by atoms with Crippen molar-refractivity contribution >= 4 is 42.4 Å². The van der Waals surface area contributed by atoms with E-state index in [-0.39, 0.29) is 5.75 Å². The van der Waals surface area contributed by atoms with E-state index < -0.39 is 10.0 Å². The molecule has 2 N–H and O–H groups in total. The Morgan fingerprint density at radius 3 is 2.52 bits per heavy atom. The van der Waals surface area contributed by atoms with Crippen LogP contribution in [0.3, 0.4) is 0 Å². The standard InChI is InChI=1S/C15H19BrN2O2S/c1-2-7-17-8-9-21(19,20)18-15-6-4-12-10-14(16)5-3-13(12)11-15/h3-6,10-11,17-18H,2,7-9H2,1H3. The molecular formula is C15H19BrN2O2S. The largest absolute Gasteiger partial charge is 0.316 e. The number of benzene rings is 2. The van der Waals surface area contributed by atoms with Crippen LogP contribution in [0.4, 0.5) is 5.69 Å². The van der Waals surface area contributed by atoms with Crippen molar-refractivity contribution in [2.75, 3.05) is 23.6 Å². The van der Waals surface area contributed by atoms with E-state index in [0.29, 0.717) is 12.2 Å². The maximum Gasteiger partial charge on any atom is 0.233 e. The molecule has 4 nitrogen and oxygen atoms in total. The predicted molar refractivity (Wildman–Crippen MR) is 92.2 cm³/mol. The summed E-state index contributed by atoms with van der Waals surface area (Å²) < 4.78 is 27.6. The van der Waals surface area contributed by atoms with Crippen LogP contribution in [-0.4, -0.2) is 27.3 Å². The third-order valence-electron chi connectivity index (χ3n) is 3.05. The fourth-order valence-electron chi connectivity index (χ4n) is 2.02. The Hall–Kier alpha value is -1.11. The van der Waals surface area contributed by atoms with Crippen LogP contribution in [0.25, 0.3) is 10.8 Å². The molecular weight excluding hydrogens is 352 g/mol. The van der Waals surface area contributed by atoms with Crippen molar-refractivity contribution in [1.29, 1.82) is 0 Å². The Kier molecular flexibility index (Phi) is 5.61. The van der Waals surface area contributed by atoms with E-state index in [1.54, 1.807) is 6.07 Å². The van der Waals surface area contributed by atoms with Gasteiger partial charge in [-0.2, -0.15) is 0 Å². The number of nitrogens with one attached hydrogen (secondary N) is 2. The van der Waals surface area contributed by atoms with Gasteiger partial charge in [-0.25, -0.2) is 8.42 Å². The van der Waals surface area contributed by atoms with Gasteiger partial charge in [-0.15, -0.1) is 0 Å². The van der Waals surface area contributed by atoms with Crippen molar-refractivity contribution in [3.63, 3.8) is 0 Å². The number of anilines is 1. The van der Waals surface area contributed by atoms with Gasteiger partial charge < -0.3 is 5.32 Å². The fraction of sp³-hybridized carbons (Fsp3) is 0.333. The number of fused-ring (bicyclic) bond motifs is 1. The van der Waals surface area contributed by atoms with Gasteiger partial charge in [0.05, 0.1) is 5.75 Å². The first-order valence-corrected chi connectivity index (χ1v) is 9.35. The highest BCUT2D eigenvalue weighted by molar-refractivity contribution is 9.10. The Balaban J connectivity index is 2.06. The highest BCUT2D eigenvalue weighted by atomic mass is 79.9. The van der Waals surface area contributed by atoms with Gasteiger partial charge in [0.2, 0.25) is 10.0 Å². The summed E-state index contributed by atoms with van der Waals surface area (Å²) in [5.41, 5.74) is 0.598. The highest BCUT2D eigenvalue weighted by Gasteiger charge is 2.10. The number of sulfonamides is 1. The molecule has 0 unspecified atom stereocenters. The van der Waals surface area contributed by atoms with Crippen LogP contribution in [0.15, 0.2) is 40.9 Å². The van der Waals surface area contributed by atoms with E-state index >= 15 is 0 Å². The Morgan fingerprint density at radius 1 is 1.05 bits per heavy atom. The van der Waals surface area contributed by atoms with Gasteiger partial charge >= 0.3 is 0 Å². The van der Waals surface area contributed by atoms with Crippen LogP contribution < -0.4 is 10.0 Å². The molecule has 21 heavy (non-hydrogen) atoms. The van der Waals surface area contributed by atoms with E-state index in [9.17, 15) is 8.42 Å². The third-order valence-corrected chi connectivity index (χ3v) is 4.83. The summed E-state index contributed by atoms with van der Waals surface area (Å²) in [6.07, 6.45) is 0.994. The van der Waals surface area contributed by atoms with Gasteiger partial charge in [0.25, 0.3) is 0 Å². The molecule has 0 aliphatic heterocycles. The van der Waals surface area contributed by atoms with Crippen LogP contribution in [0.5, 0.6) is 0 Å². The van der Waals surface area contributed by atoms with E-state index in [1.807, 2.05) is 37.3 Å². The molecule has 0 spiro atoms.